The summed E-state index contributed by atoms with van der Waals surface area (Å²) in [5.74, 6) is -0.185. The lowest BCUT2D eigenvalue weighted by molar-refractivity contribution is -0.113. The first-order chi connectivity index (χ1) is 13.5. The van der Waals surface area contributed by atoms with Gasteiger partial charge in [0.2, 0.25) is 4.96 Å². The van der Waals surface area contributed by atoms with Crippen molar-refractivity contribution >= 4 is 49.4 Å². The Labute approximate surface area is 171 Å². The number of hydrogen-bond acceptors (Lipinski definition) is 5. The Bertz CT molecular complexity index is 1360. The van der Waals surface area contributed by atoms with Crippen molar-refractivity contribution in [1.29, 1.82) is 0 Å². The molecule has 2 aromatic carbocycles. The molecule has 4 aromatic rings. The fourth-order valence-corrected chi connectivity index (χ4v) is 4.72. The van der Waals surface area contributed by atoms with E-state index in [0.29, 0.717) is 21.6 Å². The van der Waals surface area contributed by atoms with Crippen LogP contribution in [0.15, 0.2) is 58.1 Å². The van der Waals surface area contributed by atoms with Gasteiger partial charge in [-0.2, -0.15) is 9.61 Å². The van der Waals surface area contributed by atoms with E-state index in [-0.39, 0.29) is 11.5 Å². The molecule has 0 fully saturated rings. The molecule has 8 heteroatoms. The Kier molecular flexibility index (Phi) is 3.92. The van der Waals surface area contributed by atoms with Crippen LogP contribution in [0.1, 0.15) is 16.7 Å². The minimum absolute atomic E-state index is 0.185. The lowest BCUT2D eigenvalue weighted by Gasteiger charge is -2.17. The van der Waals surface area contributed by atoms with Gasteiger partial charge < -0.3 is 4.90 Å². The Morgan fingerprint density at radius 2 is 1.89 bits per heavy atom. The largest absolute Gasteiger partial charge is 0.303 e. The van der Waals surface area contributed by atoms with Gasteiger partial charge in [-0.25, -0.2) is 4.98 Å². The normalized spacial score (nSPS) is 15.5. The molecule has 1 amide bonds. The summed E-state index contributed by atoms with van der Waals surface area (Å²) in [6.45, 7) is 2.46. The molecule has 0 saturated carbocycles. The fraction of sp³-hybridized carbons (Fsp3) is 0.100. The number of anilines is 1. The van der Waals surface area contributed by atoms with Crippen LogP contribution >= 0.6 is 27.3 Å². The highest BCUT2D eigenvalue weighted by Gasteiger charge is 2.34. The lowest BCUT2D eigenvalue weighted by Crippen LogP contribution is -2.32. The summed E-state index contributed by atoms with van der Waals surface area (Å²) in [7, 11) is 0. The van der Waals surface area contributed by atoms with Crippen LogP contribution in [-0.2, 0) is 11.3 Å². The maximum Gasteiger partial charge on any atom is 0.291 e. The van der Waals surface area contributed by atoms with Crippen LogP contribution in [0.25, 0.3) is 10.5 Å². The number of rotatable bonds is 2. The second kappa shape index (κ2) is 6.35. The van der Waals surface area contributed by atoms with Gasteiger partial charge in [-0.05, 0) is 30.7 Å². The van der Waals surface area contributed by atoms with Crippen LogP contribution in [0.2, 0.25) is 0 Å². The van der Waals surface area contributed by atoms with Gasteiger partial charge in [0.15, 0.2) is 0 Å². The van der Waals surface area contributed by atoms with Crippen LogP contribution in [-0.4, -0.2) is 20.5 Å². The zero-order valence-electron chi connectivity index (χ0n) is 14.7. The zero-order valence-corrected chi connectivity index (χ0v) is 17.1. The first-order valence-electron chi connectivity index (χ1n) is 8.57. The number of carbonyl (C=O) groups is 1. The summed E-state index contributed by atoms with van der Waals surface area (Å²) in [4.78, 5) is 32.5. The lowest BCUT2D eigenvalue weighted by atomic mass is 10.1. The van der Waals surface area contributed by atoms with Crippen molar-refractivity contribution in [2.24, 2.45) is 0 Å². The molecule has 0 atom stereocenters. The Morgan fingerprint density at radius 3 is 2.64 bits per heavy atom. The molecule has 0 bridgehead atoms. The predicted octanol–water partition coefficient (Wildman–Crippen LogP) is 2.69. The van der Waals surface area contributed by atoms with Crippen LogP contribution in [0.3, 0.4) is 0 Å². The molecule has 138 valence electrons. The third-order valence-electron chi connectivity index (χ3n) is 4.76. The molecule has 0 unspecified atom stereocenters. The third-order valence-corrected chi connectivity index (χ3v) is 6.30. The number of aryl methyl sites for hydroxylation is 1. The van der Waals surface area contributed by atoms with Crippen LogP contribution in [0, 0.1) is 6.92 Å². The minimum atomic E-state index is -0.316. The van der Waals surface area contributed by atoms with E-state index in [0.717, 1.165) is 21.3 Å². The van der Waals surface area contributed by atoms with Gasteiger partial charge >= 0.3 is 0 Å². The van der Waals surface area contributed by atoms with Crippen molar-refractivity contribution in [3.63, 3.8) is 0 Å². The van der Waals surface area contributed by atoms with E-state index in [2.05, 4.69) is 26.0 Å². The zero-order chi connectivity index (χ0) is 19.4. The Morgan fingerprint density at radius 1 is 1.11 bits per heavy atom. The van der Waals surface area contributed by atoms with E-state index in [1.165, 1.54) is 27.7 Å². The quantitative estimate of drug-likeness (QED) is 0.468. The van der Waals surface area contributed by atoms with Crippen molar-refractivity contribution in [3.05, 3.63) is 84.8 Å². The maximum atomic E-state index is 13.4. The molecule has 0 aliphatic carbocycles. The number of halogens is 1. The number of carbonyl (C=O) groups excluding carboxylic acids is 1. The van der Waals surface area contributed by atoms with Crippen molar-refractivity contribution in [1.82, 2.24) is 14.6 Å². The highest BCUT2D eigenvalue weighted by molar-refractivity contribution is 9.10. The molecular weight excluding hydrogens is 440 g/mol. The van der Waals surface area contributed by atoms with E-state index in [1.54, 1.807) is 4.90 Å². The highest BCUT2D eigenvalue weighted by atomic mass is 79.9. The van der Waals surface area contributed by atoms with Gasteiger partial charge in [-0.3, -0.25) is 9.59 Å². The molecule has 2 aromatic heterocycles. The number of hydrogen-bond donors (Lipinski definition) is 0. The summed E-state index contributed by atoms with van der Waals surface area (Å²) < 4.78 is 2.45. The molecular formula is C20H13BrN4O2S. The Hall–Kier alpha value is -2.84. The molecule has 3 heterocycles. The monoisotopic (exact) mass is 452 g/mol. The van der Waals surface area contributed by atoms with Gasteiger partial charge in [0.1, 0.15) is 10.9 Å². The number of benzene rings is 2. The summed E-state index contributed by atoms with van der Waals surface area (Å²) in [6.07, 6.45) is 1.34. The minimum Gasteiger partial charge on any atom is -0.303 e. The van der Waals surface area contributed by atoms with E-state index >= 15 is 0 Å². The van der Waals surface area contributed by atoms with Gasteiger partial charge in [0, 0.05) is 10.0 Å². The first-order valence-corrected chi connectivity index (χ1v) is 10.2. The van der Waals surface area contributed by atoms with E-state index in [4.69, 9.17) is 0 Å². The number of thiazole rings is 1. The summed E-state index contributed by atoms with van der Waals surface area (Å²) >= 11 is 4.67. The van der Waals surface area contributed by atoms with Crippen LogP contribution < -0.4 is 15.0 Å². The number of amides is 1. The Balaban J connectivity index is 1.73. The highest BCUT2D eigenvalue weighted by Crippen LogP contribution is 2.38. The van der Waals surface area contributed by atoms with Crippen molar-refractivity contribution < 1.29 is 4.79 Å². The average molecular weight is 453 g/mol. The van der Waals surface area contributed by atoms with E-state index in [9.17, 15) is 9.59 Å². The molecule has 1 aliphatic rings. The molecule has 5 rings (SSSR count). The van der Waals surface area contributed by atoms with Crippen molar-refractivity contribution in [3.8, 4) is 0 Å². The van der Waals surface area contributed by atoms with Gasteiger partial charge in [0.25, 0.3) is 11.5 Å². The van der Waals surface area contributed by atoms with Crippen molar-refractivity contribution in [2.45, 2.75) is 13.5 Å². The maximum absolute atomic E-state index is 13.4. The molecule has 0 N–H and O–H groups in total. The topological polar surface area (TPSA) is 67.6 Å². The van der Waals surface area contributed by atoms with E-state index in [1.807, 2.05) is 49.4 Å². The second-order valence-corrected chi connectivity index (χ2v) is 8.50. The summed E-state index contributed by atoms with van der Waals surface area (Å²) in [5.41, 5.74) is 3.82. The predicted molar refractivity (Wildman–Crippen MR) is 111 cm³/mol. The number of fused-ring (bicyclic) bond motifs is 2. The van der Waals surface area contributed by atoms with Gasteiger partial charge in [0.05, 0.1) is 17.8 Å². The molecule has 28 heavy (non-hydrogen) atoms. The van der Waals surface area contributed by atoms with Crippen LogP contribution in [0.4, 0.5) is 5.69 Å². The molecule has 6 nitrogen and oxygen atoms in total. The summed E-state index contributed by atoms with van der Waals surface area (Å²) in [5, 5.41) is 3.96. The van der Waals surface area contributed by atoms with Crippen LogP contribution in [0.5, 0.6) is 0 Å². The molecule has 1 aliphatic heterocycles. The second-order valence-electron chi connectivity index (χ2n) is 6.60. The third kappa shape index (κ3) is 2.60. The molecule has 0 radical (unpaired) electrons. The average Bonchev–Trinajstić information content (AvgIpc) is 3.32. The number of aromatic nitrogens is 3. The number of nitrogens with zero attached hydrogens (tertiary/aromatic N) is 4. The SMILES string of the molecule is Cc1ccc(CN2C(=O)C(=c3sc4ncnn4c3=O)c3cc(Br)ccc32)cc1. The standard InChI is InChI=1S/C20H13BrN4O2S/c1-11-2-4-12(5-3-11)9-24-15-7-6-13(21)8-14(15)16(18(24)26)17-19(27)25-20(28-17)22-10-23-25/h2-8,10H,9H2,1H3. The summed E-state index contributed by atoms with van der Waals surface area (Å²) in [6, 6.07) is 13.8. The van der Waals surface area contributed by atoms with Gasteiger partial charge in [-0.1, -0.05) is 57.1 Å². The first kappa shape index (κ1) is 17.3. The molecule has 0 spiro atoms. The van der Waals surface area contributed by atoms with Gasteiger partial charge in [-0.15, -0.1) is 0 Å². The molecule has 0 saturated heterocycles. The van der Waals surface area contributed by atoms with E-state index < -0.39 is 0 Å². The smallest absolute Gasteiger partial charge is 0.291 e. The fourth-order valence-electron chi connectivity index (χ4n) is 3.38. The van der Waals surface area contributed by atoms with Crippen molar-refractivity contribution in [2.75, 3.05) is 4.90 Å².